The predicted molar refractivity (Wildman–Crippen MR) is 62.5 cm³/mol. The van der Waals surface area contributed by atoms with Crippen molar-refractivity contribution in [3.05, 3.63) is 33.8 Å². The van der Waals surface area contributed by atoms with Gasteiger partial charge in [-0.05, 0) is 17.7 Å². The molecule has 0 fully saturated rings. The quantitative estimate of drug-likeness (QED) is 0.716. The molecule has 2 rings (SSSR count). The summed E-state index contributed by atoms with van der Waals surface area (Å²) in [7, 11) is 0. The molecule has 5 nitrogen and oxygen atoms in total. The van der Waals surface area contributed by atoms with Crippen LogP contribution in [0.25, 0.3) is 0 Å². The molecular formula is C9H8Cl2N4O. The maximum atomic E-state index is 11.2. The highest BCUT2D eigenvalue weighted by Gasteiger charge is 2.19. The van der Waals surface area contributed by atoms with E-state index in [2.05, 4.69) is 15.6 Å². The second-order valence-electron chi connectivity index (χ2n) is 3.19. The van der Waals surface area contributed by atoms with Gasteiger partial charge >= 0.3 is 6.03 Å². The maximum absolute atomic E-state index is 11.2. The van der Waals surface area contributed by atoms with Crippen molar-refractivity contribution in [1.82, 2.24) is 10.6 Å². The van der Waals surface area contributed by atoms with Crippen LogP contribution in [0.15, 0.2) is 23.2 Å². The van der Waals surface area contributed by atoms with E-state index in [-0.39, 0.29) is 5.96 Å². The average Bonchev–Trinajstić information content (AvgIpc) is 2.20. The Morgan fingerprint density at radius 3 is 2.69 bits per heavy atom. The maximum Gasteiger partial charge on any atom is 0.323 e. The highest BCUT2D eigenvalue weighted by Crippen LogP contribution is 2.26. The van der Waals surface area contributed by atoms with E-state index in [1.54, 1.807) is 18.2 Å². The molecule has 2 amide bonds. The van der Waals surface area contributed by atoms with E-state index < -0.39 is 12.2 Å². The molecule has 1 aliphatic heterocycles. The zero-order chi connectivity index (χ0) is 11.7. The second kappa shape index (κ2) is 4.19. The van der Waals surface area contributed by atoms with Crippen LogP contribution in [0, 0.1) is 0 Å². The average molecular weight is 259 g/mol. The smallest absolute Gasteiger partial charge is 0.323 e. The Morgan fingerprint density at radius 2 is 2.06 bits per heavy atom. The third kappa shape index (κ3) is 2.20. The molecule has 0 saturated heterocycles. The first-order valence-corrected chi connectivity index (χ1v) is 5.17. The molecule has 1 aliphatic rings. The Kier molecular flexibility index (Phi) is 2.89. The summed E-state index contributed by atoms with van der Waals surface area (Å²) in [4.78, 5) is 15.2. The lowest BCUT2D eigenvalue weighted by molar-refractivity contribution is 0.240. The van der Waals surface area contributed by atoms with E-state index >= 15 is 0 Å². The molecule has 4 N–H and O–H groups in total. The van der Waals surface area contributed by atoms with Crippen molar-refractivity contribution in [2.75, 3.05) is 0 Å². The summed E-state index contributed by atoms with van der Waals surface area (Å²) in [5, 5.41) is 5.76. The number of guanidine groups is 1. The van der Waals surface area contributed by atoms with Crippen molar-refractivity contribution >= 4 is 35.2 Å². The summed E-state index contributed by atoms with van der Waals surface area (Å²) in [6, 6.07) is 4.60. The van der Waals surface area contributed by atoms with Gasteiger partial charge in [0.15, 0.2) is 12.1 Å². The Hall–Kier alpha value is -1.46. The Labute approximate surface area is 102 Å². The number of rotatable bonds is 1. The van der Waals surface area contributed by atoms with Gasteiger partial charge in [-0.1, -0.05) is 29.3 Å². The van der Waals surface area contributed by atoms with Gasteiger partial charge in [-0.3, -0.25) is 5.32 Å². The van der Waals surface area contributed by atoms with Crippen molar-refractivity contribution in [2.45, 2.75) is 6.17 Å². The summed E-state index contributed by atoms with van der Waals surface area (Å²) < 4.78 is 0. The van der Waals surface area contributed by atoms with Crippen molar-refractivity contribution < 1.29 is 4.79 Å². The number of amides is 2. The van der Waals surface area contributed by atoms with Crippen LogP contribution >= 0.6 is 23.2 Å². The molecule has 0 radical (unpaired) electrons. The van der Waals surface area contributed by atoms with E-state index in [9.17, 15) is 4.79 Å². The van der Waals surface area contributed by atoms with Crippen LogP contribution in [0.1, 0.15) is 11.7 Å². The van der Waals surface area contributed by atoms with Crippen LogP contribution in [0.5, 0.6) is 0 Å². The van der Waals surface area contributed by atoms with Gasteiger partial charge in [0, 0.05) is 0 Å². The molecular weight excluding hydrogens is 251 g/mol. The van der Waals surface area contributed by atoms with E-state index in [1.165, 1.54) is 0 Å². The molecule has 1 aromatic carbocycles. The summed E-state index contributed by atoms with van der Waals surface area (Å²) in [5.41, 5.74) is 6.15. The number of nitrogens with two attached hydrogens (primary N) is 1. The minimum absolute atomic E-state index is 0.0693. The van der Waals surface area contributed by atoms with Gasteiger partial charge in [0.1, 0.15) is 0 Å². The van der Waals surface area contributed by atoms with Gasteiger partial charge in [-0.15, -0.1) is 0 Å². The summed E-state index contributed by atoms with van der Waals surface area (Å²) >= 11 is 11.7. The fourth-order valence-corrected chi connectivity index (χ4v) is 1.63. The van der Waals surface area contributed by atoms with E-state index in [4.69, 9.17) is 28.9 Å². The number of nitrogens with zero attached hydrogens (tertiary/aromatic N) is 1. The van der Waals surface area contributed by atoms with Crippen molar-refractivity contribution in [3.63, 3.8) is 0 Å². The zero-order valence-corrected chi connectivity index (χ0v) is 9.51. The molecule has 0 bridgehead atoms. The number of carbonyl (C=O) groups excluding carboxylic acids is 1. The van der Waals surface area contributed by atoms with Crippen LogP contribution in [-0.2, 0) is 0 Å². The SMILES string of the molecule is NC1=NC(c2ccc(Cl)c(Cl)c2)NC(=O)N1. The van der Waals surface area contributed by atoms with Gasteiger partial charge in [-0.2, -0.15) is 0 Å². The number of nitrogens with one attached hydrogen (secondary N) is 2. The first kappa shape index (κ1) is 11.0. The Balaban J connectivity index is 2.33. The molecule has 16 heavy (non-hydrogen) atoms. The Bertz CT molecular complexity index is 475. The summed E-state index contributed by atoms with van der Waals surface area (Å²) in [6.07, 6.45) is -0.538. The molecule has 0 spiro atoms. The van der Waals surface area contributed by atoms with E-state index in [0.717, 1.165) is 0 Å². The Morgan fingerprint density at radius 1 is 1.31 bits per heavy atom. The monoisotopic (exact) mass is 258 g/mol. The van der Waals surface area contributed by atoms with E-state index in [1.807, 2.05) is 0 Å². The minimum atomic E-state index is -0.538. The topological polar surface area (TPSA) is 79.5 Å². The molecule has 0 saturated carbocycles. The van der Waals surface area contributed by atoms with Crippen LogP contribution in [-0.4, -0.2) is 12.0 Å². The minimum Gasteiger partial charge on any atom is -0.370 e. The number of benzene rings is 1. The van der Waals surface area contributed by atoms with E-state index in [0.29, 0.717) is 15.6 Å². The molecule has 1 atom stereocenters. The number of urea groups is 1. The normalized spacial score (nSPS) is 19.8. The van der Waals surface area contributed by atoms with Gasteiger partial charge < -0.3 is 11.1 Å². The largest absolute Gasteiger partial charge is 0.370 e. The molecule has 1 aromatic rings. The third-order valence-electron chi connectivity index (χ3n) is 2.04. The van der Waals surface area contributed by atoms with Crippen LogP contribution in [0.2, 0.25) is 10.0 Å². The molecule has 0 aromatic heterocycles. The number of halogens is 2. The lowest BCUT2D eigenvalue weighted by Gasteiger charge is -2.21. The number of carbonyl (C=O) groups is 1. The number of hydrogen-bond donors (Lipinski definition) is 3. The molecule has 7 heteroatoms. The zero-order valence-electron chi connectivity index (χ0n) is 8.00. The highest BCUT2D eigenvalue weighted by atomic mass is 35.5. The highest BCUT2D eigenvalue weighted by molar-refractivity contribution is 6.42. The summed E-state index contributed by atoms with van der Waals surface area (Å²) in [5.74, 6) is 0.0693. The fraction of sp³-hybridized carbons (Fsp3) is 0.111. The van der Waals surface area contributed by atoms with Gasteiger partial charge in [0.2, 0.25) is 0 Å². The van der Waals surface area contributed by atoms with Crippen molar-refractivity contribution in [2.24, 2.45) is 10.7 Å². The molecule has 1 unspecified atom stereocenters. The first-order chi connectivity index (χ1) is 7.56. The summed E-state index contributed by atoms with van der Waals surface area (Å²) in [6.45, 7) is 0. The molecule has 0 aliphatic carbocycles. The standard InChI is InChI=1S/C9H8Cl2N4O/c10-5-2-1-4(3-6(5)11)7-13-8(12)15-9(16)14-7/h1-3,7H,(H4,12,13,14,15,16). The number of aliphatic imine (C=N–C) groups is 1. The fourth-order valence-electron chi connectivity index (χ4n) is 1.32. The lowest BCUT2D eigenvalue weighted by Crippen LogP contribution is -2.49. The lowest BCUT2D eigenvalue weighted by atomic mass is 10.2. The van der Waals surface area contributed by atoms with Crippen molar-refractivity contribution in [3.8, 4) is 0 Å². The molecule has 84 valence electrons. The first-order valence-electron chi connectivity index (χ1n) is 4.42. The van der Waals surface area contributed by atoms with Crippen LogP contribution in [0.3, 0.4) is 0 Å². The number of hydrogen-bond acceptors (Lipinski definition) is 3. The van der Waals surface area contributed by atoms with Crippen LogP contribution < -0.4 is 16.4 Å². The van der Waals surface area contributed by atoms with Gasteiger partial charge in [-0.25, -0.2) is 9.79 Å². The third-order valence-corrected chi connectivity index (χ3v) is 2.78. The molecule has 1 heterocycles. The van der Waals surface area contributed by atoms with Crippen molar-refractivity contribution in [1.29, 1.82) is 0 Å². The van der Waals surface area contributed by atoms with Gasteiger partial charge in [0.25, 0.3) is 0 Å². The van der Waals surface area contributed by atoms with Crippen LogP contribution in [0.4, 0.5) is 4.79 Å². The second-order valence-corrected chi connectivity index (χ2v) is 4.00. The predicted octanol–water partition coefficient (Wildman–Crippen LogP) is 1.62. The van der Waals surface area contributed by atoms with Gasteiger partial charge in [0.05, 0.1) is 10.0 Å².